The fourth-order valence-electron chi connectivity index (χ4n) is 7.44. The molecule has 0 radical (unpaired) electrons. The van der Waals surface area contributed by atoms with Crippen LogP contribution < -0.4 is 4.52 Å². The number of benzene rings is 2. The van der Waals surface area contributed by atoms with Gasteiger partial charge in [0.2, 0.25) is 0 Å². The second-order valence-electron chi connectivity index (χ2n) is 13.0. The van der Waals surface area contributed by atoms with Gasteiger partial charge in [0.25, 0.3) is 0 Å². The first-order valence-corrected chi connectivity index (χ1v) is 16.3. The largest absolute Gasteiger partial charge is 0.399 e. The maximum atomic E-state index is 6.79. The molecule has 4 heterocycles. The average molecular weight is 583 g/mol. The fraction of sp³-hybridized carbons (Fsp3) is 0.625. The number of hydrogen-bond acceptors (Lipinski definition) is 8. The Balaban J connectivity index is 1.28. The molecule has 220 valence electrons. The molecule has 3 fully saturated rings. The summed E-state index contributed by atoms with van der Waals surface area (Å²) in [7, 11) is -1.84. The summed E-state index contributed by atoms with van der Waals surface area (Å²) >= 11 is 0. The highest BCUT2D eigenvalue weighted by Crippen LogP contribution is 2.46. The van der Waals surface area contributed by atoms with E-state index in [0.29, 0.717) is 6.61 Å². The highest BCUT2D eigenvalue weighted by Gasteiger charge is 2.59. The van der Waals surface area contributed by atoms with Crippen LogP contribution in [0.15, 0.2) is 32.7 Å². The predicted octanol–water partition coefficient (Wildman–Crippen LogP) is 6.87. The van der Waals surface area contributed by atoms with Crippen LogP contribution in [0.2, 0.25) is 0 Å². The van der Waals surface area contributed by atoms with E-state index in [-0.39, 0.29) is 6.10 Å². The Labute approximate surface area is 241 Å². The van der Waals surface area contributed by atoms with Crippen molar-refractivity contribution >= 4 is 30.2 Å². The van der Waals surface area contributed by atoms with E-state index >= 15 is 0 Å². The summed E-state index contributed by atoms with van der Waals surface area (Å²) in [4.78, 5) is 0. The van der Waals surface area contributed by atoms with Crippen molar-refractivity contribution in [3.05, 3.63) is 46.5 Å². The van der Waals surface area contributed by atoms with Crippen LogP contribution >= 0.6 is 8.24 Å². The number of rotatable bonds is 3. The molecule has 8 rings (SSSR count). The van der Waals surface area contributed by atoms with E-state index in [1.165, 1.54) is 58.7 Å². The lowest BCUT2D eigenvalue weighted by Gasteiger charge is -2.28. The Hall–Kier alpha value is -1.90. The molecule has 0 unspecified atom stereocenters. The SMILES string of the molecule is CC1(C)O[C@H]2O[C@H]([C@H]3COC(C)(C)O3)[C@H](Op3oc4ccc5c(c4c4c6c(ccc4o3)CCCC6)CCCC5)[C@H]2O1. The van der Waals surface area contributed by atoms with Gasteiger partial charge in [-0.05, 0) is 113 Å². The number of ether oxygens (including phenoxy) is 5. The van der Waals surface area contributed by atoms with E-state index in [2.05, 4.69) is 24.3 Å². The summed E-state index contributed by atoms with van der Waals surface area (Å²) in [6, 6.07) is 8.72. The zero-order valence-electron chi connectivity index (χ0n) is 24.3. The molecule has 3 saturated heterocycles. The lowest BCUT2D eigenvalue weighted by Crippen LogP contribution is -2.45. The second-order valence-corrected chi connectivity index (χ2v) is 14.0. The monoisotopic (exact) mass is 582 g/mol. The summed E-state index contributed by atoms with van der Waals surface area (Å²) in [6.07, 6.45) is 6.81. The topological polar surface area (TPSA) is 81.7 Å². The standard InChI is InChI=1S/C32H39O8P/c1-31(2)33-17-24(35-31)27-28(29-30(34-27)37-32(3,4)36-29)40-41-38-22-15-13-18-9-5-7-11-20(18)25(22)26-21-12-8-6-10-19(21)14-16-23(26)39-41/h13-16,24,27-30H,5-12,17H2,1-4H3/t24-,27-,28+,29-,30-/m1/s1. The normalized spacial score (nSPS) is 31.8. The molecule has 2 aliphatic carbocycles. The molecule has 3 aromatic rings. The molecule has 0 amide bonds. The third-order valence-electron chi connectivity index (χ3n) is 9.22. The molecule has 41 heavy (non-hydrogen) atoms. The molecule has 8 nitrogen and oxygen atoms in total. The Morgan fingerprint density at radius 2 is 1.32 bits per heavy atom. The van der Waals surface area contributed by atoms with Crippen LogP contribution in [0, 0.1) is 0 Å². The molecule has 1 aromatic heterocycles. The number of aryl methyl sites for hydroxylation is 4. The van der Waals surface area contributed by atoms with Gasteiger partial charge >= 0.3 is 8.24 Å². The van der Waals surface area contributed by atoms with Crippen molar-refractivity contribution in [2.45, 2.75) is 121 Å². The molecule has 9 heteroatoms. The van der Waals surface area contributed by atoms with Crippen molar-refractivity contribution in [2.75, 3.05) is 6.61 Å². The summed E-state index contributed by atoms with van der Waals surface area (Å²) in [5, 5.41) is 2.41. The van der Waals surface area contributed by atoms with Crippen molar-refractivity contribution in [3.63, 3.8) is 0 Å². The average Bonchev–Trinajstić information content (AvgIpc) is 3.52. The number of fused-ring (bicyclic) bond motifs is 8. The molecular weight excluding hydrogens is 543 g/mol. The predicted molar refractivity (Wildman–Crippen MR) is 154 cm³/mol. The zero-order valence-corrected chi connectivity index (χ0v) is 25.2. The fourth-order valence-corrected chi connectivity index (χ4v) is 8.62. The van der Waals surface area contributed by atoms with Gasteiger partial charge in [0, 0.05) is 10.8 Å². The molecular formula is C32H39O8P. The molecule has 5 atom stereocenters. The first-order chi connectivity index (χ1) is 19.7. The van der Waals surface area contributed by atoms with Crippen molar-refractivity contribution in [1.29, 1.82) is 0 Å². The van der Waals surface area contributed by atoms with Crippen molar-refractivity contribution in [1.82, 2.24) is 0 Å². The summed E-state index contributed by atoms with van der Waals surface area (Å²) in [6.45, 7) is 7.99. The van der Waals surface area contributed by atoms with E-state index in [4.69, 9.17) is 36.6 Å². The van der Waals surface area contributed by atoms with Gasteiger partial charge in [-0.25, -0.2) is 0 Å². The highest BCUT2D eigenvalue weighted by atomic mass is 31.1. The zero-order chi connectivity index (χ0) is 27.9. The van der Waals surface area contributed by atoms with E-state index < -0.39 is 44.4 Å². The molecule has 0 saturated carbocycles. The third-order valence-corrected chi connectivity index (χ3v) is 10.3. The molecule has 5 aliphatic rings. The van der Waals surface area contributed by atoms with Crippen molar-refractivity contribution in [2.24, 2.45) is 0 Å². The Bertz CT molecular complexity index is 1470. The third kappa shape index (κ3) is 4.67. The van der Waals surface area contributed by atoms with Gasteiger partial charge in [0.1, 0.15) is 35.6 Å². The van der Waals surface area contributed by atoms with Gasteiger partial charge in [-0.1, -0.05) is 12.1 Å². The van der Waals surface area contributed by atoms with Crippen LogP contribution in [0.4, 0.5) is 0 Å². The smallest absolute Gasteiger partial charge is 0.387 e. The van der Waals surface area contributed by atoms with Gasteiger partial charge in [-0.3, -0.25) is 4.52 Å². The van der Waals surface area contributed by atoms with E-state index in [9.17, 15) is 0 Å². The first-order valence-electron chi connectivity index (χ1n) is 15.2. The van der Waals surface area contributed by atoms with E-state index in [1.54, 1.807) is 0 Å². The summed E-state index contributed by atoms with van der Waals surface area (Å²) in [5.74, 6) is -1.49. The maximum Gasteiger partial charge on any atom is 0.387 e. The molecule has 0 bridgehead atoms. The molecule has 2 aromatic carbocycles. The minimum atomic E-state index is -1.84. The van der Waals surface area contributed by atoms with Crippen LogP contribution in [0.25, 0.3) is 21.9 Å². The van der Waals surface area contributed by atoms with Gasteiger partial charge in [0.05, 0.1) is 6.61 Å². The van der Waals surface area contributed by atoms with Crippen LogP contribution in [0.3, 0.4) is 0 Å². The van der Waals surface area contributed by atoms with Crippen LogP contribution in [0.5, 0.6) is 0 Å². The lowest BCUT2D eigenvalue weighted by atomic mass is 9.84. The lowest BCUT2D eigenvalue weighted by molar-refractivity contribution is -0.228. The quantitative estimate of drug-likeness (QED) is 0.331. The van der Waals surface area contributed by atoms with Gasteiger partial charge in [0.15, 0.2) is 17.9 Å². The minimum absolute atomic E-state index is 0.337. The van der Waals surface area contributed by atoms with Crippen LogP contribution in [0.1, 0.15) is 75.6 Å². The highest BCUT2D eigenvalue weighted by molar-refractivity contribution is 7.31. The summed E-state index contributed by atoms with van der Waals surface area (Å²) < 4.78 is 51.1. The van der Waals surface area contributed by atoms with E-state index in [0.717, 1.165) is 36.8 Å². The number of hydrogen-bond donors (Lipinski definition) is 0. The van der Waals surface area contributed by atoms with E-state index in [1.807, 2.05) is 27.7 Å². The minimum Gasteiger partial charge on any atom is -0.399 e. The maximum absolute atomic E-state index is 6.79. The molecule has 0 spiro atoms. The molecule has 3 aliphatic heterocycles. The summed E-state index contributed by atoms with van der Waals surface area (Å²) in [5.41, 5.74) is 7.35. The second kappa shape index (κ2) is 9.81. The van der Waals surface area contributed by atoms with Gasteiger partial charge in [-0.2, -0.15) is 0 Å². The van der Waals surface area contributed by atoms with Crippen LogP contribution in [-0.4, -0.2) is 48.9 Å². The van der Waals surface area contributed by atoms with Gasteiger partial charge in [-0.15, -0.1) is 0 Å². The van der Waals surface area contributed by atoms with Gasteiger partial charge < -0.3 is 32.1 Å². The Morgan fingerprint density at radius 1 is 0.707 bits per heavy atom. The molecule has 0 N–H and O–H groups in total. The van der Waals surface area contributed by atoms with Crippen molar-refractivity contribution < 1.29 is 36.6 Å². The van der Waals surface area contributed by atoms with Crippen LogP contribution in [-0.2, 0) is 49.4 Å². The van der Waals surface area contributed by atoms with Crippen molar-refractivity contribution in [3.8, 4) is 0 Å². The Morgan fingerprint density at radius 3 is 1.90 bits per heavy atom. The Kier molecular flexibility index (Phi) is 6.39. The first kappa shape index (κ1) is 26.7.